The van der Waals surface area contributed by atoms with Crippen molar-refractivity contribution >= 4 is 50.8 Å². The molecule has 1 saturated heterocycles. The third kappa shape index (κ3) is 5.98. The van der Waals surface area contributed by atoms with Gasteiger partial charge in [-0.2, -0.15) is 0 Å². The molecule has 1 heterocycles. The number of carbonyl (C=O) groups excluding carboxylic acids is 2. The van der Waals surface area contributed by atoms with E-state index in [9.17, 15) is 18.0 Å². The lowest BCUT2D eigenvalue weighted by Crippen LogP contribution is -2.44. The topological polar surface area (TPSA) is 92.8 Å². The number of methoxy groups -OCH3 is 1. The lowest BCUT2D eigenvalue weighted by atomic mass is 9.98. The van der Waals surface area contributed by atoms with E-state index in [1.807, 2.05) is 0 Å². The molecule has 3 rings (SSSR count). The molecule has 1 N–H and O–H groups in total. The summed E-state index contributed by atoms with van der Waals surface area (Å²) >= 11 is 12.0. The Morgan fingerprint density at radius 2 is 1.87 bits per heavy atom. The maximum absolute atomic E-state index is 12.9. The van der Waals surface area contributed by atoms with E-state index in [-0.39, 0.29) is 23.2 Å². The molecule has 0 unspecified atom stereocenters. The molecule has 2 aromatic rings. The summed E-state index contributed by atoms with van der Waals surface area (Å²) in [5.74, 6) is -1.47. The molecular formula is C21H22Cl2N2O5S. The zero-order valence-corrected chi connectivity index (χ0v) is 19.1. The second-order valence-corrected chi connectivity index (χ2v) is 10.1. The van der Waals surface area contributed by atoms with Crippen LogP contribution in [-0.4, -0.2) is 44.8 Å². The summed E-state index contributed by atoms with van der Waals surface area (Å²) in [6, 6.07) is 11.0. The molecule has 1 fully saturated rings. The van der Waals surface area contributed by atoms with Crippen molar-refractivity contribution in [1.82, 2.24) is 4.31 Å². The highest BCUT2D eigenvalue weighted by molar-refractivity contribution is 7.88. The van der Waals surface area contributed by atoms with Gasteiger partial charge < -0.3 is 10.1 Å². The number of rotatable bonds is 6. The van der Waals surface area contributed by atoms with E-state index in [1.54, 1.807) is 36.4 Å². The van der Waals surface area contributed by atoms with Crippen molar-refractivity contribution in [2.24, 2.45) is 5.92 Å². The molecule has 0 bridgehead atoms. The largest absolute Gasteiger partial charge is 0.465 e. The number of hydrogen-bond donors (Lipinski definition) is 1. The smallest absolute Gasteiger partial charge is 0.337 e. The summed E-state index contributed by atoms with van der Waals surface area (Å²) in [6.07, 6.45) is 1.16. The molecule has 31 heavy (non-hydrogen) atoms. The van der Waals surface area contributed by atoms with Crippen molar-refractivity contribution in [2.75, 3.05) is 25.5 Å². The number of esters is 1. The summed E-state index contributed by atoms with van der Waals surface area (Å²) in [4.78, 5) is 24.2. The molecule has 2 aromatic carbocycles. The number of anilines is 1. The fourth-order valence-electron chi connectivity index (χ4n) is 3.39. The minimum atomic E-state index is -3.65. The first-order chi connectivity index (χ1) is 14.7. The number of nitrogens with zero attached hydrogens (tertiary/aromatic N) is 1. The van der Waals surface area contributed by atoms with Crippen LogP contribution in [0.2, 0.25) is 10.0 Å². The number of carbonyl (C=O) groups is 2. The molecule has 0 saturated carbocycles. The zero-order chi connectivity index (χ0) is 22.6. The lowest BCUT2D eigenvalue weighted by molar-refractivity contribution is -0.120. The Morgan fingerprint density at radius 1 is 1.16 bits per heavy atom. The fraction of sp³-hybridized carbons (Fsp3) is 0.333. The van der Waals surface area contributed by atoms with Crippen LogP contribution in [0.5, 0.6) is 0 Å². The van der Waals surface area contributed by atoms with Gasteiger partial charge in [0.1, 0.15) is 0 Å². The number of amides is 1. The standard InChI is InChI=1S/C21H22Cl2N2O5S/c1-30-21(27)14-5-8-18(9-6-14)24-20(26)15-3-2-10-25(12-15)31(28,29)13-16-4-7-17(22)11-19(16)23/h4-9,11,15H,2-3,10,12-13H2,1H3,(H,24,26)/t15-/m1/s1. The number of hydrogen-bond acceptors (Lipinski definition) is 5. The van der Waals surface area contributed by atoms with E-state index in [1.165, 1.54) is 17.5 Å². The highest BCUT2D eigenvalue weighted by Gasteiger charge is 2.32. The van der Waals surface area contributed by atoms with Gasteiger partial charge in [0.05, 0.1) is 24.3 Å². The molecule has 0 spiro atoms. The number of halogens is 2. The maximum atomic E-state index is 12.9. The monoisotopic (exact) mass is 484 g/mol. The minimum absolute atomic E-state index is 0.0968. The highest BCUT2D eigenvalue weighted by atomic mass is 35.5. The van der Waals surface area contributed by atoms with Gasteiger partial charge in [0.25, 0.3) is 0 Å². The lowest BCUT2D eigenvalue weighted by Gasteiger charge is -2.31. The van der Waals surface area contributed by atoms with Crippen LogP contribution in [0.25, 0.3) is 0 Å². The van der Waals surface area contributed by atoms with E-state index in [2.05, 4.69) is 10.1 Å². The molecule has 1 aliphatic heterocycles. The summed E-state index contributed by atoms with van der Waals surface area (Å²) in [5, 5.41) is 3.51. The van der Waals surface area contributed by atoms with Crippen LogP contribution in [0, 0.1) is 5.92 Å². The second kappa shape index (κ2) is 9.99. The van der Waals surface area contributed by atoms with E-state index in [0.717, 1.165) is 0 Å². The van der Waals surface area contributed by atoms with Crippen molar-refractivity contribution in [3.8, 4) is 0 Å². The molecular weight excluding hydrogens is 463 g/mol. The summed E-state index contributed by atoms with van der Waals surface area (Å²) in [6.45, 7) is 0.449. The van der Waals surface area contributed by atoms with Crippen LogP contribution in [0.4, 0.5) is 5.69 Å². The van der Waals surface area contributed by atoms with Gasteiger partial charge in [-0.15, -0.1) is 0 Å². The van der Waals surface area contributed by atoms with E-state index in [0.29, 0.717) is 41.2 Å². The molecule has 10 heteroatoms. The van der Waals surface area contributed by atoms with Crippen LogP contribution in [0.15, 0.2) is 42.5 Å². The van der Waals surface area contributed by atoms with Gasteiger partial charge in [0.2, 0.25) is 15.9 Å². The van der Waals surface area contributed by atoms with Crippen LogP contribution in [0.1, 0.15) is 28.8 Å². The third-order valence-corrected chi connectivity index (χ3v) is 7.46. The number of benzene rings is 2. The molecule has 1 amide bonds. The number of piperidine rings is 1. The SMILES string of the molecule is COC(=O)c1ccc(NC(=O)[C@@H]2CCCN(S(=O)(=O)Cc3ccc(Cl)cc3Cl)C2)cc1. The fourth-order valence-corrected chi connectivity index (χ4v) is 5.58. The molecule has 7 nitrogen and oxygen atoms in total. The van der Waals surface area contributed by atoms with Crippen molar-refractivity contribution in [3.63, 3.8) is 0 Å². The van der Waals surface area contributed by atoms with Crippen molar-refractivity contribution < 1.29 is 22.7 Å². The van der Waals surface area contributed by atoms with Crippen LogP contribution < -0.4 is 5.32 Å². The van der Waals surface area contributed by atoms with Crippen LogP contribution >= 0.6 is 23.2 Å². The van der Waals surface area contributed by atoms with Crippen molar-refractivity contribution in [2.45, 2.75) is 18.6 Å². The van der Waals surface area contributed by atoms with Gasteiger partial charge in [-0.1, -0.05) is 29.3 Å². The Balaban J connectivity index is 1.65. The van der Waals surface area contributed by atoms with E-state index in [4.69, 9.17) is 23.2 Å². The van der Waals surface area contributed by atoms with Gasteiger partial charge in [-0.05, 0) is 54.8 Å². The van der Waals surface area contributed by atoms with Gasteiger partial charge in [0, 0.05) is 28.8 Å². The van der Waals surface area contributed by atoms with Gasteiger partial charge >= 0.3 is 5.97 Å². The number of nitrogens with one attached hydrogen (secondary N) is 1. The first-order valence-electron chi connectivity index (χ1n) is 9.60. The van der Waals surface area contributed by atoms with E-state index < -0.39 is 21.9 Å². The summed E-state index contributed by atoms with van der Waals surface area (Å²) in [7, 11) is -2.36. The normalized spacial score (nSPS) is 17.2. The Morgan fingerprint density at radius 3 is 2.52 bits per heavy atom. The Labute approximate surface area is 191 Å². The Bertz CT molecular complexity index is 1070. The minimum Gasteiger partial charge on any atom is -0.465 e. The predicted molar refractivity (Wildman–Crippen MR) is 120 cm³/mol. The molecule has 0 aromatic heterocycles. The Kier molecular flexibility index (Phi) is 7.59. The molecule has 0 aliphatic carbocycles. The van der Waals surface area contributed by atoms with Crippen LogP contribution in [0.3, 0.4) is 0 Å². The quantitative estimate of drug-likeness (QED) is 0.626. The summed E-state index contributed by atoms with van der Waals surface area (Å²) < 4.78 is 31.8. The van der Waals surface area contributed by atoms with Crippen molar-refractivity contribution in [3.05, 3.63) is 63.6 Å². The first kappa shape index (κ1) is 23.5. The highest BCUT2D eigenvalue weighted by Crippen LogP contribution is 2.27. The average molecular weight is 485 g/mol. The number of sulfonamides is 1. The van der Waals surface area contributed by atoms with Gasteiger partial charge in [-0.3, -0.25) is 4.79 Å². The first-order valence-corrected chi connectivity index (χ1v) is 12.0. The van der Waals surface area contributed by atoms with E-state index >= 15 is 0 Å². The third-order valence-electron chi connectivity index (χ3n) is 5.07. The second-order valence-electron chi connectivity index (χ2n) is 7.25. The van der Waals surface area contributed by atoms with Gasteiger partial charge in [-0.25, -0.2) is 17.5 Å². The molecule has 1 aliphatic rings. The maximum Gasteiger partial charge on any atom is 0.337 e. The summed E-state index contributed by atoms with van der Waals surface area (Å²) in [5.41, 5.74) is 1.35. The molecule has 0 radical (unpaired) electrons. The number of ether oxygens (including phenoxy) is 1. The Hall–Kier alpha value is -2.13. The van der Waals surface area contributed by atoms with Crippen LogP contribution in [-0.2, 0) is 25.3 Å². The zero-order valence-electron chi connectivity index (χ0n) is 16.8. The molecule has 166 valence electrons. The predicted octanol–water partition coefficient (Wildman–Crippen LogP) is 3.96. The van der Waals surface area contributed by atoms with Crippen molar-refractivity contribution in [1.29, 1.82) is 0 Å². The molecule has 1 atom stereocenters. The van der Waals surface area contributed by atoms with Gasteiger partial charge in [0.15, 0.2) is 0 Å². The average Bonchev–Trinajstić information content (AvgIpc) is 2.75.